The van der Waals surface area contributed by atoms with E-state index in [-0.39, 0.29) is 0 Å². The Morgan fingerprint density at radius 1 is 1.16 bits per heavy atom. The first-order valence-corrected chi connectivity index (χ1v) is 6.61. The topological polar surface area (TPSA) is 47.0 Å². The van der Waals surface area contributed by atoms with E-state index in [2.05, 4.69) is 27.4 Å². The number of hydrogen-bond donors (Lipinski definition) is 1. The van der Waals surface area contributed by atoms with Crippen LogP contribution in [0.1, 0.15) is 24.2 Å². The number of ether oxygens (including phenoxy) is 1. The summed E-state index contributed by atoms with van der Waals surface area (Å²) in [5.74, 6) is 1.56. The summed E-state index contributed by atoms with van der Waals surface area (Å²) in [6.45, 7) is 1.31. The van der Waals surface area contributed by atoms with Gasteiger partial charge in [-0.15, -0.1) is 0 Å². The summed E-state index contributed by atoms with van der Waals surface area (Å²) in [7, 11) is 0. The van der Waals surface area contributed by atoms with E-state index in [0.29, 0.717) is 12.4 Å². The smallest absolute Gasteiger partial charge is 0.166 e. The monoisotopic (exact) mass is 255 g/mol. The van der Waals surface area contributed by atoms with Crippen LogP contribution in [0.25, 0.3) is 0 Å². The van der Waals surface area contributed by atoms with E-state index >= 15 is 0 Å². The standard InChI is InChI=1S/C15H17N3O/c1-3-12(10-18-13-5-6-13)9-14(4-1)19-11-15-16-7-2-8-17-15/h1-4,7-9,13,18H,5-6,10-11H2. The van der Waals surface area contributed by atoms with Crippen LogP contribution in [0, 0.1) is 0 Å². The summed E-state index contributed by atoms with van der Waals surface area (Å²) in [6, 6.07) is 10.7. The van der Waals surface area contributed by atoms with E-state index in [4.69, 9.17) is 4.74 Å². The minimum Gasteiger partial charge on any atom is -0.486 e. The molecule has 1 aromatic heterocycles. The Hall–Kier alpha value is -1.94. The molecule has 0 aliphatic heterocycles. The number of nitrogens with one attached hydrogen (secondary N) is 1. The molecule has 0 amide bonds. The van der Waals surface area contributed by atoms with Crippen molar-refractivity contribution < 1.29 is 4.74 Å². The average Bonchev–Trinajstić information content (AvgIpc) is 3.29. The Labute approximate surface area is 112 Å². The molecule has 1 heterocycles. The van der Waals surface area contributed by atoms with Crippen LogP contribution in [0.3, 0.4) is 0 Å². The SMILES string of the molecule is c1cnc(COc2cccc(CNC3CC3)c2)nc1. The molecule has 4 heteroatoms. The van der Waals surface area contributed by atoms with Crippen molar-refractivity contribution in [2.24, 2.45) is 0 Å². The maximum atomic E-state index is 5.70. The predicted octanol–water partition coefficient (Wildman–Crippen LogP) is 2.31. The quantitative estimate of drug-likeness (QED) is 0.860. The van der Waals surface area contributed by atoms with Crippen molar-refractivity contribution in [1.29, 1.82) is 0 Å². The van der Waals surface area contributed by atoms with Crippen LogP contribution < -0.4 is 10.1 Å². The van der Waals surface area contributed by atoms with Crippen molar-refractivity contribution in [3.05, 3.63) is 54.1 Å². The zero-order valence-corrected chi connectivity index (χ0v) is 10.7. The Balaban J connectivity index is 1.56. The van der Waals surface area contributed by atoms with Crippen LogP contribution in [0.4, 0.5) is 0 Å². The van der Waals surface area contributed by atoms with E-state index in [1.807, 2.05) is 12.1 Å². The van der Waals surface area contributed by atoms with E-state index < -0.39 is 0 Å². The van der Waals surface area contributed by atoms with E-state index in [9.17, 15) is 0 Å². The van der Waals surface area contributed by atoms with Gasteiger partial charge < -0.3 is 10.1 Å². The third-order valence-electron chi connectivity index (χ3n) is 3.06. The molecular weight excluding hydrogens is 238 g/mol. The lowest BCUT2D eigenvalue weighted by molar-refractivity contribution is 0.295. The summed E-state index contributed by atoms with van der Waals surface area (Å²) in [4.78, 5) is 8.27. The highest BCUT2D eigenvalue weighted by Crippen LogP contribution is 2.20. The number of benzene rings is 1. The van der Waals surface area contributed by atoms with E-state index in [1.54, 1.807) is 18.5 Å². The highest BCUT2D eigenvalue weighted by Gasteiger charge is 2.19. The second kappa shape index (κ2) is 5.80. The molecule has 1 fully saturated rings. The zero-order valence-electron chi connectivity index (χ0n) is 10.7. The second-order valence-corrected chi connectivity index (χ2v) is 4.76. The third kappa shape index (κ3) is 3.76. The van der Waals surface area contributed by atoms with Gasteiger partial charge in [-0.25, -0.2) is 9.97 Å². The van der Waals surface area contributed by atoms with Gasteiger partial charge in [0.25, 0.3) is 0 Å². The molecule has 1 N–H and O–H groups in total. The summed E-state index contributed by atoms with van der Waals surface area (Å²) < 4.78 is 5.70. The van der Waals surface area contributed by atoms with Crippen LogP contribution in [0.5, 0.6) is 5.75 Å². The lowest BCUT2D eigenvalue weighted by Gasteiger charge is -2.08. The highest BCUT2D eigenvalue weighted by molar-refractivity contribution is 5.28. The number of hydrogen-bond acceptors (Lipinski definition) is 4. The van der Waals surface area contributed by atoms with Crippen molar-refractivity contribution >= 4 is 0 Å². The Bertz CT molecular complexity index is 526. The molecule has 19 heavy (non-hydrogen) atoms. The van der Waals surface area contributed by atoms with Crippen LogP contribution in [0.15, 0.2) is 42.7 Å². The summed E-state index contributed by atoms with van der Waals surface area (Å²) >= 11 is 0. The van der Waals surface area contributed by atoms with Crippen molar-refractivity contribution in [2.75, 3.05) is 0 Å². The maximum Gasteiger partial charge on any atom is 0.166 e. The zero-order chi connectivity index (χ0) is 12.9. The molecule has 0 spiro atoms. The molecule has 1 aliphatic carbocycles. The predicted molar refractivity (Wildman–Crippen MR) is 72.7 cm³/mol. The summed E-state index contributed by atoms with van der Waals surface area (Å²) in [5, 5.41) is 3.49. The van der Waals surface area contributed by atoms with Crippen molar-refractivity contribution in [3.8, 4) is 5.75 Å². The Kier molecular flexibility index (Phi) is 3.70. The fourth-order valence-corrected chi connectivity index (χ4v) is 1.85. The van der Waals surface area contributed by atoms with E-state index in [0.717, 1.165) is 18.3 Å². The van der Waals surface area contributed by atoms with Crippen molar-refractivity contribution in [1.82, 2.24) is 15.3 Å². The van der Waals surface area contributed by atoms with Gasteiger partial charge in [-0.3, -0.25) is 0 Å². The second-order valence-electron chi connectivity index (χ2n) is 4.76. The van der Waals surface area contributed by atoms with Crippen LogP contribution in [-0.4, -0.2) is 16.0 Å². The molecule has 0 bridgehead atoms. The molecular formula is C15H17N3O. The molecule has 1 aliphatic rings. The van der Waals surface area contributed by atoms with Gasteiger partial charge in [0.2, 0.25) is 0 Å². The Morgan fingerprint density at radius 3 is 2.79 bits per heavy atom. The fraction of sp³-hybridized carbons (Fsp3) is 0.333. The average molecular weight is 255 g/mol. The highest BCUT2D eigenvalue weighted by atomic mass is 16.5. The lowest BCUT2D eigenvalue weighted by Crippen LogP contribution is -2.15. The molecule has 1 aromatic carbocycles. The van der Waals surface area contributed by atoms with Gasteiger partial charge in [0.05, 0.1) is 0 Å². The number of nitrogens with zero attached hydrogens (tertiary/aromatic N) is 2. The minimum atomic E-state index is 0.403. The van der Waals surface area contributed by atoms with Crippen LogP contribution >= 0.6 is 0 Å². The van der Waals surface area contributed by atoms with Gasteiger partial charge in [-0.1, -0.05) is 12.1 Å². The van der Waals surface area contributed by atoms with Gasteiger partial charge in [-0.05, 0) is 36.6 Å². The first-order valence-electron chi connectivity index (χ1n) is 6.61. The Morgan fingerprint density at radius 2 is 2.00 bits per heavy atom. The molecule has 4 nitrogen and oxygen atoms in total. The fourth-order valence-electron chi connectivity index (χ4n) is 1.85. The van der Waals surface area contributed by atoms with Gasteiger partial charge in [0, 0.05) is 25.0 Å². The van der Waals surface area contributed by atoms with Gasteiger partial charge >= 0.3 is 0 Å². The molecule has 3 rings (SSSR count). The first kappa shape index (κ1) is 12.1. The number of aromatic nitrogens is 2. The van der Waals surface area contributed by atoms with Crippen LogP contribution in [0.2, 0.25) is 0 Å². The third-order valence-corrected chi connectivity index (χ3v) is 3.06. The first-order chi connectivity index (χ1) is 9.40. The summed E-state index contributed by atoms with van der Waals surface area (Å²) in [6.07, 6.45) is 6.06. The minimum absolute atomic E-state index is 0.403. The molecule has 0 unspecified atom stereocenters. The molecule has 0 radical (unpaired) electrons. The van der Waals surface area contributed by atoms with Crippen molar-refractivity contribution in [3.63, 3.8) is 0 Å². The lowest BCUT2D eigenvalue weighted by atomic mass is 10.2. The van der Waals surface area contributed by atoms with Gasteiger partial charge in [-0.2, -0.15) is 0 Å². The normalized spacial score (nSPS) is 14.3. The molecule has 0 atom stereocenters. The molecule has 1 saturated carbocycles. The largest absolute Gasteiger partial charge is 0.486 e. The van der Waals surface area contributed by atoms with Gasteiger partial charge in [0.15, 0.2) is 5.82 Å². The number of rotatable bonds is 6. The summed E-state index contributed by atoms with van der Waals surface area (Å²) in [5.41, 5.74) is 1.25. The molecule has 0 saturated heterocycles. The molecule has 2 aromatic rings. The molecule has 98 valence electrons. The van der Waals surface area contributed by atoms with Crippen LogP contribution in [-0.2, 0) is 13.2 Å². The van der Waals surface area contributed by atoms with E-state index in [1.165, 1.54) is 18.4 Å². The van der Waals surface area contributed by atoms with Gasteiger partial charge in [0.1, 0.15) is 12.4 Å². The maximum absolute atomic E-state index is 5.70. The van der Waals surface area contributed by atoms with Crippen molar-refractivity contribution in [2.45, 2.75) is 32.0 Å².